The van der Waals surface area contributed by atoms with E-state index in [-0.39, 0.29) is 30.6 Å². The maximum Gasteiger partial charge on any atom is 0.277 e. The van der Waals surface area contributed by atoms with Gasteiger partial charge < -0.3 is 41.5 Å². The Morgan fingerprint density at radius 1 is 1.11 bits per heavy atom. The van der Waals surface area contributed by atoms with Crippen LogP contribution in [0.1, 0.15) is 49.0 Å². The van der Waals surface area contributed by atoms with Gasteiger partial charge in [-0.3, -0.25) is 9.48 Å². The van der Waals surface area contributed by atoms with Gasteiger partial charge in [-0.15, -0.1) is 0 Å². The number of fused-ring (bicyclic) bond motifs is 1. The summed E-state index contributed by atoms with van der Waals surface area (Å²) in [5, 5.41) is 56.6. The molecule has 16 heteroatoms. The Hall–Kier alpha value is -3.51. The number of imidazole rings is 1. The van der Waals surface area contributed by atoms with Crippen molar-refractivity contribution >= 4 is 38.7 Å². The van der Waals surface area contributed by atoms with Crippen molar-refractivity contribution in [3.8, 4) is 11.1 Å². The van der Waals surface area contributed by atoms with Crippen molar-refractivity contribution in [2.75, 3.05) is 32.0 Å². The number of nitrogen functional groups attached to an aromatic ring is 1. The summed E-state index contributed by atoms with van der Waals surface area (Å²) in [4.78, 5) is 23.1. The molecule has 1 aliphatic heterocycles. The van der Waals surface area contributed by atoms with Crippen LogP contribution in [0.4, 0.5) is 5.82 Å². The van der Waals surface area contributed by atoms with E-state index in [9.17, 15) is 25.2 Å². The number of rotatable bonds is 13. The van der Waals surface area contributed by atoms with E-state index in [0.29, 0.717) is 30.8 Å². The standard InChI is InChI=1S/C31H42BrN9O6/c1-3-39-21-6-5-18(11-22(21)40(4-2)26(39)14-35-31(47)27-30(33)34-13-25(32)37-27)19-12-36-41(15-19)20-7-9-38(10-8-20)16-23(43)28(45)29(46)24(44)17-42/h5-6,11-13,15,20,23-24,28-29,42-46H,3-4,7-10,14,16-17H2,1-2H3,(H2-,33,34,35,47)/p+1/t23-,24+,28+,29+/m0/s1. The predicted octanol–water partition coefficient (Wildman–Crippen LogP) is -0.0304. The molecule has 0 aliphatic carbocycles. The number of β-amino-alcohol motifs (C(OH)–C–C–N with tert-alkyl or cyclic N) is 1. The van der Waals surface area contributed by atoms with Crippen molar-refractivity contribution in [3.63, 3.8) is 0 Å². The van der Waals surface area contributed by atoms with Crippen molar-refractivity contribution in [2.24, 2.45) is 0 Å². The Labute approximate surface area is 280 Å². The summed E-state index contributed by atoms with van der Waals surface area (Å²) in [5.41, 5.74) is 10.1. The number of aromatic nitrogens is 6. The van der Waals surface area contributed by atoms with Crippen LogP contribution < -0.4 is 15.6 Å². The Morgan fingerprint density at radius 2 is 1.83 bits per heavy atom. The zero-order valence-corrected chi connectivity index (χ0v) is 28.0. The molecule has 0 saturated carbocycles. The van der Waals surface area contributed by atoms with Crippen molar-refractivity contribution in [3.05, 3.63) is 52.9 Å². The molecule has 4 heterocycles. The van der Waals surface area contributed by atoms with Crippen molar-refractivity contribution < 1.29 is 34.9 Å². The molecule has 0 radical (unpaired) electrons. The average molecular weight is 718 g/mol. The van der Waals surface area contributed by atoms with Crippen LogP contribution in [0.25, 0.3) is 22.2 Å². The van der Waals surface area contributed by atoms with Crippen molar-refractivity contribution in [1.82, 2.24) is 34.5 Å². The molecule has 1 fully saturated rings. The van der Waals surface area contributed by atoms with Crippen LogP contribution in [0.5, 0.6) is 0 Å². The summed E-state index contributed by atoms with van der Waals surface area (Å²) in [7, 11) is 0. The summed E-state index contributed by atoms with van der Waals surface area (Å²) in [6.07, 6.45) is 0.934. The van der Waals surface area contributed by atoms with E-state index in [2.05, 4.69) is 77.5 Å². The number of halogens is 1. The van der Waals surface area contributed by atoms with E-state index in [0.717, 1.165) is 40.8 Å². The lowest BCUT2D eigenvalue weighted by Gasteiger charge is -2.35. The zero-order valence-electron chi connectivity index (χ0n) is 26.4. The molecular formula is C31H43BrN9O6+. The number of nitrogens with zero attached hydrogens (tertiary/aromatic N) is 7. The highest BCUT2D eigenvalue weighted by atomic mass is 79.9. The zero-order chi connectivity index (χ0) is 33.8. The van der Waals surface area contributed by atoms with Gasteiger partial charge in [-0.2, -0.15) is 5.10 Å². The Kier molecular flexibility index (Phi) is 11.2. The van der Waals surface area contributed by atoms with Crippen LogP contribution in [-0.2, 0) is 19.6 Å². The van der Waals surface area contributed by atoms with Gasteiger partial charge >= 0.3 is 0 Å². The molecule has 1 saturated heterocycles. The minimum absolute atomic E-state index is 0.0621. The van der Waals surface area contributed by atoms with Gasteiger partial charge in [0.15, 0.2) is 22.5 Å². The van der Waals surface area contributed by atoms with Crippen LogP contribution in [0.3, 0.4) is 0 Å². The summed E-state index contributed by atoms with van der Waals surface area (Å²) in [6.45, 7) is 6.58. The highest BCUT2D eigenvalue weighted by Gasteiger charge is 2.32. The van der Waals surface area contributed by atoms with Gasteiger partial charge in [0.2, 0.25) is 0 Å². The lowest BCUT2D eigenvalue weighted by atomic mass is 10.0. The molecule has 1 aliphatic rings. The molecule has 15 nitrogen and oxygen atoms in total. The second-order valence-electron chi connectivity index (χ2n) is 11.8. The fourth-order valence-corrected chi connectivity index (χ4v) is 6.52. The Balaban J connectivity index is 1.27. The third-order valence-electron chi connectivity index (χ3n) is 8.84. The topological polar surface area (TPSA) is 212 Å². The van der Waals surface area contributed by atoms with Gasteiger partial charge in [-0.1, -0.05) is 0 Å². The molecule has 0 unspecified atom stereocenters. The largest absolute Gasteiger partial charge is 0.394 e. The second-order valence-corrected chi connectivity index (χ2v) is 12.6. The third kappa shape index (κ3) is 7.48. The first-order valence-corrected chi connectivity index (χ1v) is 16.6. The number of anilines is 1. The second kappa shape index (κ2) is 15.1. The maximum atomic E-state index is 12.9. The van der Waals surface area contributed by atoms with E-state index in [1.807, 2.05) is 22.0 Å². The number of hydrogen-bond donors (Lipinski definition) is 7. The minimum Gasteiger partial charge on any atom is -0.394 e. The van der Waals surface area contributed by atoms with Crippen LogP contribution in [0.2, 0.25) is 0 Å². The lowest BCUT2D eigenvalue weighted by molar-refractivity contribution is -0.676. The molecule has 8 N–H and O–H groups in total. The molecule has 4 atom stereocenters. The maximum absolute atomic E-state index is 12.9. The molecule has 0 bridgehead atoms. The van der Waals surface area contributed by atoms with E-state index in [1.54, 1.807) is 0 Å². The summed E-state index contributed by atoms with van der Waals surface area (Å²) >= 11 is 3.24. The van der Waals surface area contributed by atoms with Crippen LogP contribution in [0.15, 0.2) is 41.4 Å². The molecule has 254 valence electrons. The quantitative estimate of drug-likeness (QED) is 0.0913. The number of carbonyl (C=O) groups is 1. The predicted molar refractivity (Wildman–Crippen MR) is 176 cm³/mol. The molecule has 47 heavy (non-hydrogen) atoms. The summed E-state index contributed by atoms with van der Waals surface area (Å²) in [5.74, 6) is 0.597. The van der Waals surface area contributed by atoms with Gasteiger partial charge in [0.25, 0.3) is 11.7 Å². The number of piperidine rings is 1. The molecule has 1 amide bonds. The van der Waals surface area contributed by atoms with Crippen LogP contribution >= 0.6 is 15.9 Å². The van der Waals surface area contributed by atoms with E-state index in [4.69, 9.17) is 10.8 Å². The third-order valence-corrected chi connectivity index (χ3v) is 9.22. The first-order chi connectivity index (χ1) is 22.6. The number of nitrogens with one attached hydrogen (secondary N) is 1. The Bertz CT molecular complexity index is 1690. The number of nitrogens with two attached hydrogens (primary N) is 1. The highest BCUT2D eigenvalue weighted by Crippen LogP contribution is 2.28. The highest BCUT2D eigenvalue weighted by molar-refractivity contribution is 9.10. The molecule has 0 spiro atoms. The monoisotopic (exact) mass is 716 g/mol. The molecule has 1 aromatic carbocycles. The smallest absolute Gasteiger partial charge is 0.277 e. The molecular weight excluding hydrogens is 674 g/mol. The van der Waals surface area contributed by atoms with Crippen LogP contribution in [0, 0.1) is 0 Å². The van der Waals surface area contributed by atoms with Gasteiger partial charge in [-0.05, 0) is 66.4 Å². The number of likely N-dealkylation sites (tertiary alicyclic amines) is 1. The first-order valence-electron chi connectivity index (χ1n) is 15.8. The molecule has 4 aromatic rings. The van der Waals surface area contributed by atoms with E-state index >= 15 is 0 Å². The van der Waals surface area contributed by atoms with Gasteiger partial charge in [-0.25, -0.2) is 19.1 Å². The number of aliphatic hydroxyl groups is 5. The first kappa shape index (κ1) is 34.8. The summed E-state index contributed by atoms with van der Waals surface area (Å²) < 4.78 is 6.77. The SMILES string of the molecule is CCn1c(CNC(=O)c2nc(Br)cnc2N)[n+](CC)c2ccc(-c3cnn(C4CCN(C[C@H](O)[C@@H](O)[C@H](O)[C@H](O)CO)CC4)c3)cc21. The van der Waals surface area contributed by atoms with E-state index < -0.39 is 36.9 Å². The van der Waals surface area contributed by atoms with Gasteiger partial charge in [0, 0.05) is 31.4 Å². The normalized spacial score (nSPS) is 17.1. The number of benzene rings is 1. The molecule has 3 aromatic heterocycles. The fraction of sp³-hybridized carbons (Fsp3) is 0.516. The lowest BCUT2D eigenvalue weighted by Crippen LogP contribution is -2.50. The van der Waals surface area contributed by atoms with E-state index in [1.165, 1.54) is 6.20 Å². The Morgan fingerprint density at radius 3 is 2.51 bits per heavy atom. The number of aliphatic hydroxyl groups excluding tert-OH is 5. The molecule has 5 rings (SSSR count). The van der Waals surface area contributed by atoms with Crippen molar-refractivity contribution in [2.45, 2.75) is 76.8 Å². The fourth-order valence-electron chi connectivity index (χ4n) is 6.24. The number of amides is 1. The number of hydrogen-bond acceptors (Lipinski definition) is 11. The van der Waals surface area contributed by atoms with Crippen LogP contribution in [-0.4, -0.2) is 111 Å². The summed E-state index contributed by atoms with van der Waals surface area (Å²) in [6, 6.07) is 6.48. The van der Waals surface area contributed by atoms with Crippen molar-refractivity contribution in [1.29, 1.82) is 0 Å². The minimum atomic E-state index is -1.63. The number of aryl methyl sites for hydroxylation is 2. The average Bonchev–Trinajstić information content (AvgIpc) is 3.69. The van der Waals surface area contributed by atoms with Gasteiger partial charge in [0.05, 0.1) is 44.2 Å². The number of carbonyl (C=O) groups excluding carboxylic acids is 1. The van der Waals surface area contributed by atoms with Gasteiger partial charge in [0.1, 0.15) is 29.5 Å².